The Hall–Kier alpha value is -2.60. The largest absolute Gasteiger partial charge is 0.350 e. The predicted octanol–water partition coefficient (Wildman–Crippen LogP) is 1.91. The Labute approximate surface area is 180 Å². The fourth-order valence-corrected chi connectivity index (χ4v) is 4.32. The molecule has 0 atom stereocenters. The van der Waals surface area contributed by atoms with Crippen LogP contribution < -0.4 is 5.69 Å². The molecular formula is C22H26N6OS. The van der Waals surface area contributed by atoms with Crippen LogP contribution in [0.3, 0.4) is 0 Å². The van der Waals surface area contributed by atoms with Crippen molar-refractivity contribution < 1.29 is 0 Å². The van der Waals surface area contributed by atoms with E-state index in [1.54, 1.807) is 0 Å². The van der Waals surface area contributed by atoms with Crippen molar-refractivity contribution in [1.82, 2.24) is 29.4 Å². The van der Waals surface area contributed by atoms with Gasteiger partial charge in [-0.2, -0.15) is 9.61 Å². The highest BCUT2D eigenvalue weighted by Crippen LogP contribution is 2.28. The summed E-state index contributed by atoms with van der Waals surface area (Å²) in [6, 6.07) is 8.48. The number of H-pyrrole nitrogens is 1. The van der Waals surface area contributed by atoms with E-state index in [0.29, 0.717) is 16.6 Å². The zero-order valence-corrected chi connectivity index (χ0v) is 18.2. The van der Waals surface area contributed by atoms with Crippen LogP contribution in [0.15, 0.2) is 34.2 Å². The monoisotopic (exact) mass is 422 g/mol. The molecule has 3 heterocycles. The quantitative estimate of drug-likeness (QED) is 0.483. The summed E-state index contributed by atoms with van der Waals surface area (Å²) in [5.41, 5.74) is 4.24. The molecule has 1 N–H and O–H groups in total. The van der Waals surface area contributed by atoms with Gasteiger partial charge in [-0.15, -0.1) is 6.42 Å². The van der Waals surface area contributed by atoms with E-state index in [2.05, 4.69) is 62.1 Å². The summed E-state index contributed by atoms with van der Waals surface area (Å²) < 4.78 is 1.33. The summed E-state index contributed by atoms with van der Waals surface area (Å²) in [4.78, 5) is 24.7. The molecule has 1 aromatic carbocycles. The molecule has 1 saturated heterocycles. The lowest BCUT2D eigenvalue weighted by molar-refractivity contribution is 0.155. The fraction of sp³-hybridized carbons (Fsp3) is 0.409. The number of benzene rings is 1. The van der Waals surface area contributed by atoms with Crippen LogP contribution in [-0.4, -0.2) is 74.9 Å². The van der Waals surface area contributed by atoms with Crippen molar-refractivity contribution in [3.63, 3.8) is 0 Å². The normalized spacial score (nSPS) is 15.5. The van der Waals surface area contributed by atoms with Gasteiger partial charge in [0.25, 0.3) is 0 Å². The molecule has 0 bridgehead atoms. The topological polar surface area (TPSA) is 69.5 Å². The zero-order chi connectivity index (χ0) is 21.1. The van der Waals surface area contributed by atoms with Gasteiger partial charge < -0.3 is 9.80 Å². The molecule has 1 aliphatic rings. The first kappa shape index (κ1) is 20.7. The fourth-order valence-electron chi connectivity index (χ4n) is 3.79. The number of nitrogens with one attached hydrogen (secondary N) is 1. The molecule has 0 saturated carbocycles. The number of thioether (sulfide) groups is 1. The molecule has 30 heavy (non-hydrogen) atoms. The second kappa shape index (κ2) is 9.04. The maximum Gasteiger partial charge on any atom is 0.350 e. The van der Waals surface area contributed by atoms with E-state index in [1.165, 1.54) is 21.8 Å². The van der Waals surface area contributed by atoms with Crippen LogP contribution in [0.25, 0.3) is 16.8 Å². The summed E-state index contributed by atoms with van der Waals surface area (Å²) in [6.07, 6.45) is 6.34. The summed E-state index contributed by atoms with van der Waals surface area (Å²) >= 11 is 1.34. The van der Waals surface area contributed by atoms with E-state index in [-0.39, 0.29) is 5.69 Å². The Morgan fingerprint density at radius 2 is 2.07 bits per heavy atom. The summed E-state index contributed by atoms with van der Waals surface area (Å²) in [6.45, 7) is 7.45. The number of hydrogen-bond acceptors (Lipinski definition) is 6. The molecule has 0 amide bonds. The van der Waals surface area contributed by atoms with Crippen molar-refractivity contribution in [2.75, 3.05) is 45.5 Å². The van der Waals surface area contributed by atoms with Crippen LogP contribution in [0, 0.1) is 19.3 Å². The van der Waals surface area contributed by atoms with Crippen molar-refractivity contribution >= 4 is 17.4 Å². The third-order valence-electron chi connectivity index (χ3n) is 5.47. The SMILES string of the molecule is C#CCSc1nc2c(-c3cccc(CCN4CCN(C)CC4)c3)c(C)nn2c(=O)[nH]1. The Morgan fingerprint density at radius 3 is 2.83 bits per heavy atom. The number of aromatic amines is 1. The van der Waals surface area contributed by atoms with Gasteiger partial charge in [0.2, 0.25) is 0 Å². The van der Waals surface area contributed by atoms with Crippen LogP contribution in [0.4, 0.5) is 0 Å². The maximum atomic E-state index is 12.5. The Kier molecular flexibility index (Phi) is 6.23. The molecular weight excluding hydrogens is 396 g/mol. The number of terminal acetylenes is 1. The third kappa shape index (κ3) is 4.43. The van der Waals surface area contributed by atoms with Gasteiger partial charge in [-0.3, -0.25) is 4.98 Å². The van der Waals surface area contributed by atoms with E-state index >= 15 is 0 Å². The van der Waals surface area contributed by atoms with Gasteiger partial charge in [-0.05, 0) is 31.5 Å². The molecule has 0 unspecified atom stereocenters. The first-order valence-electron chi connectivity index (χ1n) is 10.1. The summed E-state index contributed by atoms with van der Waals surface area (Å²) in [5.74, 6) is 3.01. The second-order valence-corrected chi connectivity index (χ2v) is 8.60. The Balaban J connectivity index is 1.61. The van der Waals surface area contributed by atoms with Crippen molar-refractivity contribution in [2.45, 2.75) is 18.5 Å². The Bertz CT molecular complexity index is 1140. The minimum Gasteiger partial charge on any atom is -0.304 e. The Morgan fingerprint density at radius 1 is 1.27 bits per heavy atom. The van der Waals surface area contributed by atoms with Crippen molar-refractivity contribution in [3.8, 4) is 23.5 Å². The first-order chi connectivity index (χ1) is 14.5. The standard InChI is InChI=1S/C22H26N6OS/c1-4-14-30-21-23-20-19(16(2)25-28(20)22(29)24-21)18-7-5-6-17(15-18)8-9-27-12-10-26(3)11-13-27/h1,5-7,15H,8-14H2,2-3H3,(H,23,24,29). The van der Waals surface area contributed by atoms with Crippen molar-refractivity contribution in [2.24, 2.45) is 0 Å². The lowest BCUT2D eigenvalue weighted by atomic mass is 10.0. The van der Waals surface area contributed by atoms with E-state index in [9.17, 15) is 4.79 Å². The minimum absolute atomic E-state index is 0.305. The molecule has 4 rings (SSSR count). The van der Waals surface area contributed by atoms with Crippen LogP contribution in [-0.2, 0) is 6.42 Å². The van der Waals surface area contributed by atoms with Crippen LogP contribution in [0.5, 0.6) is 0 Å². The van der Waals surface area contributed by atoms with E-state index < -0.39 is 0 Å². The number of likely N-dealkylation sites (N-methyl/N-ethyl adjacent to an activating group) is 1. The lowest BCUT2D eigenvalue weighted by Gasteiger charge is -2.32. The highest BCUT2D eigenvalue weighted by Gasteiger charge is 2.17. The van der Waals surface area contributed by atoms with Gasteiger partial charge in [0.1, 0.15) is 0 Å². The van der Waals surface area contributed by atoms with Gasteiger partial charge in [-0.1, -0.05) is 41.9 Å². The number of nitrogens with zero attached hydrogens (tertiary/aromatic N) is 5. The number of hydrogen-bond donors (Lipinski definition) is 1. The number of aromatic nitrogens is 4. The first-order valence-corrected chi connectivity index (χ1v) is 11.1. The van der Waals surface area contributed by atoms with Crippen LogP contribution in [0.2, 0.25) is 0 Å². The van der Waals surface area contributed by atoms with Crippen LogP contribution in [0.1, 0.15) is 11.3 Å². The lowest BCUT2D eigenvalue weighted by Crippen LogP contribution is -2.45. The van der Waals surface area contributed by atoms with Gasteiger partial charge in [0.15, 0.2) is 10.8 Å². The highest BCUT2D eigenvalue weighted by molar-refractivity contribution is 7.99. The average molecular weight is 423 g/mol. The maximum absolute atomic E-state index is 12.5. The number of aryl methyl sites for hydroxylation is 1. The number of rotatable bonds is 6. The zero-order valence-electron chi connectivity index (χ0n) is 17.4. The molecule has 1 fully saturated rings. The van der Waals surface area contributed by atoms with E-state index in [1.807, 2.05) is 6.92 Å². The smallest absolute Gasteiger partial charge is 0.304 e. The molecule has 2 aromatic heterocycles. The molecule has 0 spiro atoms. The van der Waals surface area contributed by atoms with Crippen molar-refractivity contribution in [1.29, 1.82) is 0 Å². The number of fused-ring (bicyclic) bond motifs is 1. The molecule has 0 radical (unpaired) electrons. The van der Waals surface area contributed by atoms with E-state index in [4.69, 9.17) is 6.42 Å². The molecule has 156 valence electrons. The minimum atomic E-state index is -0.305. The van der Waals surface area contributed by atoms with Crippen molar-refractivity contribution in [3.05, 3.63) is 46.0 Å². The van der Waals surface area contributed by atoms with Crippen LogP contribution >= 0.6 is 11.8 Å². The number of piperazine rings is 1. The predicted molar refractivity (Wildman–Crippen MR) is 121 cm³/mol. The summed E-state index contributed by atoms with van der Waals surface area (Å²) in [5, 5.41) is 4.93. The molecule has 0 aliphatic carbocycles. The average Bonchev–Trinajstić information content (AvgIpc) is 3.08. The van der Waals surface area contributed by atoms with Gasteiger partial charge >= 0.3 is 5.69 Å². The summed E-state index contributed by atoms with van der Waals surface area (Å²) in [7, 11) is 2.18. The van der Waals surface area contributed by atoms with Gasteiger partial charge in [0.05, 0.1) is 11.4 Å². The second-order valence-electron chi connectivity index (χ2n) is 7.63. The molecule has 8 heteroatoms. The third-order valence-corrected chi connectivity index (χ3v) is 6.25. The van der Waals surface area contributed by atoms with Gasteiger partial charge in [0, 0.05) is 38.3 Å². The van der Waals surface area contributed by atoms with E-state index in [0.717, 1.165) is 56.0 Å². The molecule has 3 aromatic rings. The van der Waals surface area contributed by atoms with Gasteiger partial charge in [-0.25, -0.2) is 9.78 Å². The molecule has 1 aliphatic heterocycles. The molecule has 7 nitrogen and oxygen atoms in total. The highest BCUT2D eigenvalue weighted by atomic mass is 32.2.